The molecule has 0 spiro atoms. The van der Waals surface area contributed by atoms with Gasteiger partial charge in [-0.25, -0.2) is 13.8 Å². The molecule has 0 aliphatic carbocycles. The largest absolute Gasteiger partial charge is 0.363 e. The fraction of sp³-hybridized carbons (Fsp3) is 0.600. The Morgan fingerprint density at radius 1 is 1.50 bits per heavy atom. The van der Waals surface area contributed by atoms with Crippen molar-refractivity contribution in [3.05, 3.63) is 23.9 Å². The molecule has 1 aliphatic rings. The molecule has 1 saturated heterocycles. The van der Waals surface area contributed by atoms with E-state index >= 15 is 0 Å². The second-order valence-electron chi connectivity index (χ2n) is 5.69. The minimum atomic E-state index is -2.33. The third kappa shape index (κ3) is 4.37. The molecule has 1 atom stereocenters. The number of rotatable bonds is 6. The van der Waals surface area contributed by atoms with Crippen LogP contribution in [0.4, 0.5) is 14.6 Å². The number of aromatic nitrogens is 1. The van der Waals surface area contributed by atoms with Gasteiger partial charge in [-0.2, -0.15) is 0 Å². The van der Waals surface area contributed by atoms with Crippen LogP contribution in [0, 0.1) is 0 Å². The summed E-state index contributed by atoms with van der Waals surface area (Å²) < 4.78 is 25.0. The molecule has 7 heteroatoms. The minimum absolute atomic E-state index is 0.00745. The Labute approximate surface area is 129 Å². The molecular formula is C15H22F2N4O. The lowest BCUT2D eigenvalue weighted by Crippen LogP contribution is -2.42. The summed E-state index contributed by atoms with van der Waals surface area (Å²) >= 11 is 0. The van der Waals surface area contributed by atoms with Crippen molar-refractivity contribution in [2.45, 2.75) is 25.3 Å². The van der Waals surface area contributed by atoms with E-state index in [1.165, 1.54) is 6.20 Å². The minimum Gasteiger partial charge on any atom is -0.363 e. The highest BCUT2D eigenvalue weighted by atomic mass is 19.3. The second-order valence-corrected chi connectivity index (χ2v) is 5.69. The van der Waals surface area contributed by atoms with Crippen molar-refractivity contribution < 1.29 is 13.6 Å². The van der Waals surface area contributed by atoms with Gasteiger partial charge in [0, 0.05) is 32.9 Å². The van der Waals surface area contributed by atoms with E-state index < -0.39 is 6.43 Å². The Bertz CT molecular complexity index is 493. The number of likely N-dealkylation sites (tertiary alicyclic amines) is 1. The molecule has 0 radical (unpaired) electrons. The van der Waals surface area contributed by atoms with Crippen LogP contribution in [0.25, 0.3) is 0 Å². The SMILES string of the molecule is CN(C)c1ccc(C(=O)NCC2CCCN2CC(F)F)cn1. The summed E-state index contributed by atoms with van der Waals surface area (Å²) in [6.07, 6.45) is 0.923. The zero-order chi connectivity index (χ0) is 16.1. The van der Waals surface area contributed by atoms with Crippen LogP contribution in [-0.2, 0) is 0 Å². The van der Waals surface area contributed by atoms with Gasteiger partial charge in [0.15, 0.2) is 0 Å². The third-order valence-electron chi connectivity index (χ3n) is 3.84. The molecular weight excluding hydrogens is 290 g/mol. The van der Waals surface area contributed by atoms with Gasteiger partial charge in [-0.1, -0.05) is 0 Å². The van der Waals surface area contributed by atoms with Gasteiger partial charge in [-0.05, 0) is 31.5 Å². The van der Waals surface area contributed by atoms with E-state index in [2.05, 4.69) is 10.3 Å². The van der Waals surface area contributed by atoms with Gasteiger partial charge in [-0.15, -0.1) is 0 Å². The first-order valence-electron chi connectivity index (χ1n) is 7.41. The lowest BCUT2D eigenvalue weighted by Gasteiger charge is -2.24. The molecule has 1 aromatic rings. The van der Waals surface area contributed by atoms with Crippen LogP contribution in [0.1, 0.15) is 23.2 Å². The van der Waals surface area contributed by atoms with Crippen LogP contribution in [0.2, 0.25) is 0 Å². The lowest BCUT2D eigenvalue weighted by molar-refractivity contribution is 0.0792. The van der Waals surface area contributed by atoms with Crippen LogP contribution in [-0.4, -0.2) is 62.0 Å². The van der Waals surface area contributed by atoms with Crippen LogP contribution in [0.3, 0.4) is 0 Å². The van der Waals surface area contributed by atoms with E-state index in [4.69, 9.17) is 0 Å². The third-order valence-corrected chi connectivity index (χ3v) is 3.84. The lowest BCUT2D eigenvalue weighted by atomic mass is 10.2. The molecule has 22 heavy (non-hydrogen) atoms. The molecule has 1 fully saturated rings. The molecule has 1 N–H and O–H groups in total. The Morgan fingerprint density at radius 2 is 2.27 bits per heavy atom. The summed E-state index contributed by atoms with van der Waals surface area (Å²) in [5.41, 5.74) is 0.476. The molecule has 0 bridgehead atoms. The summed E-state index contributed by atoms with van der Waals surface area (Å²) in [6.45, 7) is 0.838. The van der Waals surface area contributed by atoms with Crippen molar-refractivity contribution in [3.8, 4) is 0 Å². The zero-order valence-electron chi connectivity index (χ0n) is 12.9. The van der Waals surface area contributed by atoms with Gasteiger partial charge in [-0.3, -0.25) is 9.69 Å². The van der Waals surface area contributed by atoms with E-state index in [1.54, 1.807) is 17.0 Å². The summed E-state index contributed by atoms with van der Waals surface area (Å²) in [5, 5.41) is 2.81. The second kappa shape index (κ2) is 7.49. The summed E-state index contributed by atoms with van der Waals surface area (Å²) in [6, 6.07) is 3.48. The topological polar surface area (TPSA) is 48.5 Å². The van der Waals surface area contributed by atoms with Gasteiger partial charge < -0.3 is 10.2 Å². The number of hydrogen-bond acceptors (Lipinski definition) is 4. The average Bonchev–Trinajstić information content (AvgIpc) is 2.91. The van der Waals surface area contributed by atoms with Crippen LogP contribution >= 0.6 is 0 Å². The van der Waals surface area contributed by atoms with Crippen LogP contribution in [0.15, 0.2) is 18.3 Å². The van der Waals surface area contributed by atoms with Crippen LogP contribution in [0.5, 0.6) is 0 Å². The molecule has 0 saturated carbocycles. The Morgan fingerprint density at radius 3 is 2.86 bits per heavy atom. The predicted octanol–water partition coefficient (Wildman–Crippen LogP) is 1.61. The van der Waals surface area contributed by atoms with Crippen molar-refractivity contribution in [3.63, 3.8) is 0 Å². The highest BCUT2D eigenvalue weighted by Gasteiger charge is 2.27. The maximum absolute atomic E-state index is 12.5. The number of halogens is 2. The molecule has 5 nitrogen and oxygen atoms in total. The fourth-order valence-corrected chi connectivity index (χ4v) is 2.64. The maximum Gasteiger partial charge on any atom is 0.252 e. The predicted molar refractivity (Wildman–Crippen MR) is 81.5 cm³/mol. The normalized spacial score (nSPS) is 18.7. The molecule has 2 rings (SSSR count). The Hall–Kier alpha value is -1.76. The Kier molecular flexibility index (Phi) is 5.65. The van der Waals surface area contributed by atoms with E-state index in [-0.39, 0.29) is 18.5 Å². The van der Waals surface area contributed by atoms with Gasteiger partial charge in [0.1, 0.15) is 5.82 Å². The molecule has 1 aromatic heterocycles. The van der Waals surface area contributed by atoms with Gasteiger partial charge >= 0.3 is 0 Å². The quantitative estimate of drug-likeness (QED) is 0.867. The number of amides is 1. The highest BCUT2D eigenvalue weighted by molar-refractivity contribution is 5.94. The monoisotopic (exact) mass is 312 g/mol. The summed E-state index contributed by atoms with van der Waals surface area (Å²) in [5.74, 6) is 0.553. The van der Waals surface area contributed by atoms with Gasteiger partial charge in [0.25, 0.3) is 12.3 Å². The number of pyridine rings is 1. The van der Waals surface area contributed by atoms with E-state index in [1.807, 2.05) is 19.0 Å². The molecule has 122 valence electrons. The standard InChI is InChI=1S/C15H22F2N4O/c1-20(2)14-6-5-11(8-18-14)15(22)19-9-12-4-3-7-21(12)10-13(16)17/h5-6,8,12-13H,3-4,7,9-10H2,1-2H3,(H,19,22). The van der Waals surface area contributed by atoms with E-state index in [9.17, 15) is 13.6 Å². The van der Waals surface area contributed by atoms with Crippen LogP contribution < -0.4 is 10.2 Å². The number of alkyl halides is 2. The van der Waals surface area contributed by atoms with Crippen molar-refractivity contribution in [2.24, 2.45) is 0 Å². The van der Waals surface area contributed by atoms with Crippen molar-refractivity contribution in [2.75, 3.05) is 38.6 Å². The molecule has 1 unspecified atom stereocenters. The number of anilines is 1. The maximum atomic E-state index is 12.5. The average molecular weight is 312 g/mol. The highest BCUT2D eigenvalue weighted by Crippen LogP contribution is 2.18. The number of carbonyl (C=O) groups is 1. The van der Waals surface area contributed by atoms with Gasteiger partial charge in [0.05, 0.1) is 12.1 Å². The van der Waals surface area contributed by atoms with E-state index in [0.717, 1.165) is 18.7 Å². The van der Waals surface area contributed by atoms with Crippen molar-refractivity contribution in [1.29, 1.82) is 0 Å². The summed E-state index contributed by atoms with van der Waals surface area (Å²) in [4.78, 5) is 19.9. The number of hydrogen-bond donors (Lipinski definition) is 1. The van der Waals surface area contributed by atoms with Crippen molar-refractivity contribution in [1.82, 2.24) is 15.2 Å². The van der Waals surface area contributed by atoms with E-state index in [0.29, 0.717) is 18.7 Å². The summed E-state index contributed by atoms with van der Waals surface area (Å²) in [7, 11) is 3.75. The first-order valence-corrected chi connectivity index (χ1v) is 7.41. The first-order chi connectivity index (χ1) is 10.5. The molecule has 0 aromatic carbocycles. The first kappa shape index (κ1) is 16.6. The molecule has 2 heterocycles. The fourth-order valence-electron chi connectivity index (χ4n) is 2.64. The zero-order valence-corrected chi connectivity index (χ0v) is 12.9. The molecule has 1 aliphatic heterocycles. The number of nitrogens with zero attached hydrogens (tertiary/aromatic N) is 3. The Balaban J connectivity index is 1.86. The van der Waals surface area contributed by atoms with Crippen molar-refractivity contribution >= 4 is 11.7 Å². The number of carbonyl (C=O) groups excluding carboxylic acids is 1. The molecule has 1 amide bonds. The van der Waals surface area contributed by atoms with Gasteiger partial charge in [0.2, 0.25) is 0 Å². The smallest absolute Gasteiger partial charge is 0.252 e. The number of nitrogens with one attached hydrogen (secondary N) is 1.